The number of hydrogen-bond donors (Lipinski definition) is 0. The Kier molecular flexibility index (Phi) is 4.23. The summed E-state index contributed by atoms with van der Waals surface area (Å²) in [5.41, 5.74) is 1.58. The van der Waals surface area contributed by atoms with Gasteiger partial charge in [0.1, 0.15) is 5.82 Å². The quantitative estimate of drug-likeness (QED) is 0.586. The smallest absolute Gasteiger partial charge is 0.129 e. The van der Waals surface area contributed by atoms with E-state index in [-0.39, 0.29) is 10.6 Å². The molecule has 2 aromatic rings. The lowest BCUT2D eigenvalue weighted by atomic mass is 10.0. The zero-order chi connectivity index (χ0) is 12.4. The van der Waals surface area contributed by atoms with Crippen molar-refractivity contribution in [3.8, 4) is 0 Å². The minimum Gasteiger partial charge on any atom is -0.207 e. The summed E-state index contributed by atoms with van der Waals surface area (Å²) in [5.74, 6) is -0.240. The number of hydrogen-bond acceptors (Lipinski definition) is 0. The molecule has 0 fully saturated rings. The minimum absolute atomic E-state index is 0.173. The summed E-state index contributed by atoms with van der Waals surface area (Å²) in [5, 5.41) is 0.671. The van der Waals surface area contributed by atoms with Crippen molar-refractivity contribution in [2.75, 3.05) is 0 Å². The van der Waals surface area contributed by atoms with Crippen LogP contribution in [0.25, 0.3) is 0 Å². The highest BCUT2D eigenvalue weighted by Gasteiger charge is 2.14. The van der Waals surface area contributed by atoms with E-state index >= 15 is 0 Å². The lowest BCUT2D eigenvalue weighted by Crippen LogP contribution is -1.96. The van der Waals surface area contributed by atoms with Gasteiger partial charge in [0.05, 0.1) is 4.83 Å². The molecular formula is C13H8Br2ClF. The first-order valence-corrected chi connectivity index (χ1v) is 7.01. The van der Waals surface area contributed by atoms with Crippen LogP contribution in [0.5, 0.6) is 0 Å². The van der Waals surface area contributed by atoms with E-state index in [9.17, 15) is 4.39 Å². The molecule has 2 rings (SSSR count). The Morgan fingerprint density at radius 2 is 1.71 bits per heavy atom. The van der Waals surface area contributed by atoms with E-state index in [1.165, 1.54) is 6.07 Å². The SMILES string of the molecule is Fc1cc(Br)ccc1C(Br)c1ccc(Cl)cc1. The Hall–Kier alpha value is -0.380. The summed E-state index contributed by atoms with van der Waals surface area (Å²) in [4.78, 5) is -0.173. The van der Waals surface area contributed by atoms with E-state index in [1.54, 1.807) is 18.2 Å². The van der Waals surface area contributed by atoms with Crippen LogP contribution >= 0.6 is 43.5 Å². The molecule has 2 aromatic carbocycles. The third-order valence-corrected chi connectivity index (χ3v) is 4.17. The van der Waals surface area contributed by atoms with Gasteiger partial charge in [-0.1, -0.05) is 61.7 Å². The van der Waals surface area contributed by atoms with E-state index < -0.39 is 0 Å². The topological polar surface area (TPSA) is 0 Å². The van der Waals surface area contributed by atoms with E-state index in [4.69, 9.17) is 11.6 Å². The lowest BCUT2D eigenvalue weighted by molar-refractivity contribution is 0.612. The first-order valence-electron chi connectivity index (χ1n) is 4.92. The van der Waals surface area contributed by atoms with E-state index in [1.807, 2.05) is 18.2 Å². The van der Waals surface area contributed by atoms with Crippen LogP contribution in [-0.4, -0.2) is 0 Å². The second kappa shape index (κ2) is 5.51. The molecular weight excluding hydrogens is 370 g/mol. The maximum atomic E-state index is 13.8. The fraction of sp³-hybridized carbons (Fsp3) is 0.0769. The normalized spacial score (nSPS) is 12.5. The minimum atomic E-state index is -0.240. The van der Waals surface area contributed by atoms with Crippen molar-refractivity contribution >= 4 is 43.5 Å². The highest BCUT2D eigenvalue weighted by molar-refractivity contribution is 9.10. The molecule has 0 bridgehead atoms. The predicted molar refractivity (Wildman–Crippen MR) is 76.3 cm³/mol. The maximum Gasteiger partial charge on any atom is 0.129 e. The van der Waals surface area contributed by atoms with E-state index in [0.717, 1.165) is 10.0 Å². The summed E-state index contributed by atoms with van der Waals surface area (Å²) >= 11 is 12.6. The lowest BCUT2D eigenvalue weighted by Gasteiger charge is -2.12. The van der Waals surface area contributed by atoms with Gasteiger partial charge in [-0.2, -0.15) is 0 Å². The zero-order valence-corrected chi connectivity index (χ0v) is 12.6. The van der Waals surface area contributed by atoms with Crippen molar-refractivity contribution in [3.05, 3.63) is 68.9 Å². The van der Waals surface area contributed by atoms with Crippen LogP contribution in [-0.2, 0) is 0 Å². The van der Waals surface area contributed by atoms with Crippen LogP contribution in [0.3, 0.4) is 0 Å². The molecule has 0 aliphatic heterocycles. The first kappa shape index (κ1) is 13.1. The summed E-state index contributed by atoms with van der Waals surface area (Å²) in [7, 11) is 0. The van der Waals surface area contributed by atoms with Gasteiger partial charge in [0, 0.05) is 15.1 Å². The second-order valence-corrected chi connectivity index (χ2v) is 5.85. The molecule has 0 spiro atoms. The molecule has 0 N–H and O–H groups in total. The number of alkyl halides is 1. The summed E-state index contributed by atoms with van der Waals surface area (Å²) < 4.78 is 14.5. The van der Waals surface area contributed by atoms with Gasteiger partial charge >= 0.3 is 0 Å². The van der Waals surface area contributed by atoms with Gasteiger partial charge in [-0.3, -0.25) is 0 Å². The highest BCUT2D eigenvalue weighted by atomic mass is 79.9. The van der Waals surface area contributed by atoms with Gasteiger partial charge in [0.2, 0.25) is 0 Å². The fourth-order valence-corrected chi connectivity index (χ4v) is 2.65. The molecule has 0 radical (unpaired) electrons. The number of halogens is 4. The molecule has 17 heavy (non-hydrogen) atoms. The number of rotatable bonds is 2. The van der Waals surface area contributed by atoms with Gasteiger partial charge in [0.25, 0.3) is 0 Å². The Bertz CT molecular complexity index is 525. The molecule has 0 aliphatic rings. The Morgan fingerprint density at radius 3 is 2.29 bits per heavy atom. The summed E-state index contributed by atoms with van der Waals surface area (Å²) in [6.45, 7) is 0. The molecule has 0 heterocycles. The van der Waals surface area contributed by atoms with Crippen LogP contribution in [0.2, 0.25) is 5.02 Å². The molecule has 0 aliphatic carbocycles. The largest absolute Gasteiger partial charge is 0.207 e. The molecule has 0 aromatic heterocycles. The van der Waals surface area contributed by atoms with Crippen molar-refractivity contribution < 1.29 is 4.39 Å². The molecule has 4 heteroatoms. The van der Waals surface area contributed by atoms with Crippen molar-refractivity contribution in [2.45, 2.75) is 4.83 Å². The third kappa shape index (κ3) is 3.09. The standard InChI is InChI=1S/C13H8Br2ClF/c14-9-3-6-11(12(17)7-9)13(15)8-1-4-10(16)5-2-8/h1-7,13H. The van der Waals surface area contributed by atoms with Crippen LogP contribution in [0, 0.1) is 5.82 Å². The Morgan fingerprint density at radius 1 is 1.06 bits per heavy atom. The zero-order valence-electron chi connectivity index (χ0n) is 8.63. The molecule has 0 saturated heterocycles. The van der Waals surface area contributed by atoms with Gasteiger partial charge in [-0.15, -0.1) is 0 Å². The van der Waals surface area contributed by atoms with Crippen molar-refractivity contribution in [1.82, 2.24) is 0 Å². The maximum absolute atomic E-state index is 13.8. The Labute approximate surface area is 121 Å². The van der Waals surface area contributed by atoms with Crippen LogP contribution < -0.4 is 0 Å². The average molecular weight is 378 g/mol. The van der Waals surface area contributed by atoms with Gasteiger partial charge in [-0.25, -0.2) is 4.39 Å². The van der Waals surface area contributed by atoms with Crippen molar-refractivity contribution in [2.24, 2.45) is 0 Å². The molecule has 0 saturated carbocycles. The van der Waals surface area contributed by atoms with Crippen LogP contribution in [0.4, 0.5) is 4.39 Å². The van der Waals surface area contributed by atoms with Crippen LogP contribution in [0.1, 0.15) is 16.0 Å². The first-order chi connectivity index (χ1) is 8.08. The average Bonchev–Trinajstić information content (AvgIpc) is 2.29. The summed E-state index contributed by atoms with van der Waals surface area (Å²) in [6.07, 6.45) is 0. The predicted octanol–water partition coefficient (Wildman–Crippen LogP) is 5.73. The van der Waals surface area contributed by atoms with Gasteiger partial charge in [-0.05, 0) is 29.8 Å². The van der Waals surface area contributed by atoms with Crippen molar-refractivity contribution in [3.63, 3.8) is 0 Å². The molecule has 88 valence electrons. The fourth-order valence-electron chi connectivity index (χ4n) is 1.52. The van der Waals surface area contributed by atoms with Crippen molar-refractivity contribution in [1.29, 1.82) is 0 Å². The summed E-state index contributed by atoms with van der Waals surface area (Å²) in [6, 6.07) is 12.4. The molecule has 0 amide bonds. The molecule has 1 atom stereocenters. The van der Waals surface area contributed by atoms with E-state index in [2.05, 4.69) is 31.9 Å². The number of benzene rings is 2. The highest BCUT2D eigenvalue weighted by Crippen LogP contribution is 2.33. The molecule has 1 unspecified atom stereocenters. The third-order valence-electron chi connectivity index (χ3n) is 2.40. The van der Waals surface area contributed by atoms with Gasteiger partial charge in [0.15, 0.2) is 0 Å². The van der Waals surface area contributed by atoms with Crippen LogP contribution in [0.15, 0.2) is 46.9 Å². The van der Waals surface area contributed by atoms with Gasteiger partial charge < -0.3 is 0 Å². The Balaban J connectivity index is 2.36. The molecule has 0 nitrogen and oxygen atoms in total. The van der Waals surface area contributed by atoms with E-state index in [0.29, 0.717) is 10.6 Å². The second-order valence-electron chi connectivity index (χ2n) is 3.58. The monoisotopic (exact) mass is 376 g/mol.